The number of nitrogens with zero attached hydrogens (tertiary/aromatic N) is 3. The number of aromatic nitrogens is 2. The summed E-state index contributed by atoms with van der Waals surface area (Å²) in [5.41, 5.74) is 6.82. The van der Waals surface area contributed by atoms with Crippen LogP contribution in [0.4, 0.5) is 0 Å². The van der Waals surface area contributed by atoms with Crippen LogP contribution in [0, 0.1) is 6.92 Å². The van der Waals surface area contributed by atoms with Gasteiger partial charge in [0.05, 0.1) is 5.69 Å². The molecule has 2 aromatic carbocycles. The number of imidazole rings is 1. The van der Waals surface area contributed by atoms with Gasteiger partial charge in [-0.1, -0.05) is 30.3 Å². The van der Waals surface area contributed by atoms with Gasteiger partial charge in [-0.25, -0.2) is 4.98 Å². The molecule has 2 aliphatic rings. The zero-order valence-corrected chi connectivity index (χ0v) is 17.8. The Morgan fingerprint density at radius 1 is 1.13 bits per heavy atom. The highest BCUT2D eigenvalue weighted by Gasteiger charge is 2.33. The molecule has 0 atom stereocenters. The van der Waals surface area contributed by atoms with Gasteiger partial charge >= 0.3 is 0 Å². The predicted octanol–water partition coefficient (Wildman–Crippen LogP) is 5.01. The highest BCUT2D eigenvalue weighted by molar-refractivity contribution is 6.28. The quantitative estimate of drug-likeness (QED) is 0.562. The van der Waals surface area contributed by atoms with Gasteiger partial charge in [0.15, 0.2) is 0 Å². The van der Waals surface area contributed by atoms with Gasteiger partial charge in [0.1, 0.15) is 0 Å². The largest absolute Gasteiger partial charge is 0.335 e. The molecule has 30 heavy (non-hydrogen) atoms. The lowest BCUT2D eigenvalue weighted by molar-refractivity contribution is -0.130. The lowest BCUT2D eigenvalue weighted by Gasteiger charge is -2.33. The van der Waals surface area contributed by atoms with E-state index in [1.807, 2.05) is 22.9 Å². The standard InChI is InChI=1S/C25H24ClN3O/c1-17-13-18(8-9-23(17)29-12-10-27-25(29)26)14-21-7-4-11-28(24(21)30)22-15-19-5-2-3-6-20(19)16-22/h2-3,5-6,8-10,12-14,22H,4,7,11,15-16H2,1H3/b21-14+. The van der Waals surface area contributed by atoms with Gasteiger partial charge in [-0.2, -0.15) is 0 Å². The number of piperidine rings is 1. The monoisotopic (exact) mass is 417 g/mol. The fraction of sp³-hybridized carbons (Fsp3) is 0.280. The number of benzene rings is 2. The molecule has 1 aromatic heterocycles. The van der Waals surface area contributed by atoms with Gasteiger partial charge < -0.3 is 4.90 Å². The minimum absolute atomic E-state index is 0.193. The van der Waals surface area contributed by atoms with Crippen molar-refractivity contribution in [3.8, 4) is 5.69 Å². The number of halogens is 1. The Hall–Kier alpha value is -2.85. The summed E-state index contributed by atoms with van der Waals surface area (Å²) in [5.74, 6) is 0.193. The van der Waals surface area contributed by atoms with Crippen LogP contribution in [0.25, 0.3) is 11.8 Å². The fourth-order valence-corrected chi connectivity index (χ4v) is 4.98. The van der Waals surface area contributed by atoms with Crippen LogP contribution in [0.2, 0.25) is 5.28 Å². The van der Waals surface area contributed by atoms with Crippen molar-refractivity contribution in [2.24, 2.45) is 0 Å². The summed E-state index contributed by atoms with van der Waals surface area (Å²) >= 11 is 6.16. The molecule has 0 spiro atoms. The highest BCUT2D eigenvalue weighted by Crippen LogP contribution is 2.30. The zero-order chi connectivity index (χ0) is 20.7. The second-order valence-corrected chi connectivity index (χ2v) is 8.55. The number of carbonyl (C=O) groups excluding carboxylic acids is 1. The number of hydrogen-bond donors (Lipinski definition) is 0. The first-order valence-electron chi connectivity index (χ1n) is 10.5. The summed E-state index contributed by atoms with van der Waals surface area (Å²) in [5, 5.41) is 0.444. The lowest BCUT2D eigenvalue weighted by atomic mass is 9.98. The number of likely N-dealkylation sites (tertiary alicyclic amines) is 1. The molecule has 0 bridgehead atoms. The van der Waals surface area contributed by atoms with Crippen LogP contribution in [0.15, 0.2) is 60.4 Å². The molecule has 152 valence electrons. The number of fused-ring (bicyclic) bond motifs is 1. The second-order valence-electron chi connectivity index (χ2n) is 8.21. The van der Waals surface area contributed by atoms with Crippen LogP contribution < -0.4 is 0 Å². The molecule has 2 heterocycles. The van der Waals surface area contributed by atoms with Gasteiger partial charge in [0.25, 0.3) is 0 Å². The van der Waals surface area contributed by atoms with Crippen LogP contribution in [0.1, 0.15) is 35.1 Å². The van der Waals surface area contributed by atoms with E-state index < -0.39 is 0 Å². The zero-order valence-electron chi connectivity index (χ0n) is 17.0. The number of aryl methyl sites for hydroxylation is 1. The van der Waals surface area contributed by atoms with Crippen molar-refractivity contribution in [3.05, 3.63) is 88.0 Å². The summed E-state index contributed by atoms with van der Waals surface area (Å²) < 4.78 is 1.86. The SMILES string of the molecule is Cc1cc(/C=C2\CCCN(C3Cc4ccccc4C3)C2=O)ccc1-n1ccnc1Cl. The van der Waals surface area contributed by atoms with E-state index >= 15 is 0 Å². The number of carbonyl (C=O) groups is 1. The van der Waals surface area contributed by atoms with Crippen molar-refractivity contribution in [2.45, 2.75) is 38.6 Å². The molecule has 1 saturated heterocycles. The lowest BCUT2D eigenvalue weighted by Crippen LogP contribution is -2.44. The minimum Gasteiger partial charge on any atom is -0.335 e. The molecule has 1 aliphatic carbocycles. The third kappa shape index (κ3) is 3.46. The van der Waals surface area contributed by atoms with Gasteiger partial charge in [0.2, 0.25) is 11.2 Å². The molecule has 4 nitrogen and oxygen atoms in total. The number of amides is 1. The van der Waals surface area contributed by atoms with E-state index in [0.29, 0.717) is 5.28 Å². The van der Waals surface area contributed by atoms with E-state index in [-0.39, 0.29) is 11.9 Å². The Morgan fingerprint density at radius 3 is 2.57 bits per heavy atom. The Morgan fingerprint density at radius 2 is 1.90 bits per heavy atom. The summed E-state index contributed by atoms with van der Waals surface area (Å²) in [6, 6.07) is 15.0. The van der Waals surface area contributed by atoms with E-state index in [4.69, 9.17) is 11.6 Å². The third-order valence-corrected chi connectivity index (χ3v) is 6.55. The Labute approximate surface area is 181 Å². The fourth-order valence-electron chi connectivity index (χ4n) is 4.78. The minimum atomic E-state index is 0.193. The van der Waals surface area contributed by atoms with Crippen molar-refractivity contribution in [1.82, 2.24) is 14.5 Å². The first-order valence-corrected chi connectivity index (χ1v) is 10.9. The maximum atomic E-state index is 13.3. The molecule has 1 fully saturated rings. The average molecular weight is 418 g/mol. The van der Waals surface area contributed by atoms with E-state index in [1.54, 1.807) is 6.20 Å². The van der Waals surface area contributed by atoms with Gasteiger partial charge in [-0.05, 0) is 84.7 Å². The molecule has 0 radical (unpaired) electrons. The topological polar surface area (TPSA) is 38.1 Å². The van der Waals surface area contributed by atoms with Gasteiger partial charge in [-0.15, -0.1) is 0 Å². The highest BCUT2D eigenvalue weighted by atomic mass is 35.5. The smallest absolute Gasteiger partial charge is 0.250 e. The Bertz CT molecular complexity index is 1120. The molecular formula is C25H24ClN3O. The molecule has 0 unspecified atom stereocenters. The summed E-state index contributed by atoms with van der Waals surface area (Å²) in [6.45, 7) is 2.91. The second kappa shape index (κ2) is 7.77. The van der Waals surface area contributed by atoms with Crippen LogP contribution in [-0.2, 0) is 17.6 Å². The molecule has 1 aliphatic heterocycles. The van der Waals surface area contributed by atoms with Crippen LogP contribution >= 0.6 is 11.6 Å². The average Bonchev–Trinajstić information content (AvgIpc) is 3.36. The third-order valence-electron chi connectivity index (χ3n) is 6.27. The molecule has 5 rings (SSSR count). The first-order chi connectivity index (χ1) is 14.6. The van der Waals surface area contributed by atoms with Crippen molar-refractivity contribution >= 4 is 23.6 Å². The number of hydrogen-bond acceptors (Lipinski definition) is 2. The van der Waals surface area contributed by atoms with E-state index in [1.165, 1.54) is 11.1 Å². The van der Waals surface area contributed by atoms with Crippen molar-refractivity contribution in [1.29, 1.82) is 0 Å². The van der Waals surface area contributed by atoms with Crippen molar-refractivity contribution in [2.75, 3.05) is 6.54 Å². The van der Waals surface area contributed by atoms with E-state index in [0.717, 1.165) is 54.6 Å². The van der Waals surface area contributed by atoms with Crippen LogP contribution in [-0.4, -0.2) is 32.9 Å². The van der Waals surface area contributed by atoms with Crippen molar-refractivity contribution in [3.63, 3.8) is 0 Å². The normalized spacial score (nSPS) is 18.3. The summed E-state index contributed by atoms with van der Waals surface area (Å²) in [7, 11) is 0. The molecule has 0 saturated carbocycles. The van der Waals surface area contributed by atoms with Crippen LogP contribution in [0.3, 0.4) is 0 Å². The van der Waals surface area contributed by atoms with E-state index in [2.05, 4.69) is 53.2 Å². The Balaban J connectivity index is 1.37. The first kappa shape index (κ1) is 19.1. The number of rotatable bonds is 3. The maximum absolute atomic E-state index is 13.3. The van der Waals surface area contributed by atoms with E-state index in [9.17, 15) is 4.79 Å². The summed E-state index contributed by atoms with van der Waals surface area (Å²) in [6.07, 6.45) is 9.39. The van der Waals surface area contributed by atoms with Gasteiger partial charge in [0, 0.05) is 30.6 Å². The Kier molecular flexibility index (Phi) is 4.95. The summed E-state index contributed by atoms with van der Waals surface area (Å²) in [4.78, 5) is 19.5. The van der Waals surface area contributed by atoms with Crippen molar-refractivity contribution < 1.29 is 4.79 Å². The molecule has 1 amide bonds. The molecular weight excluding hydrogens is 394 g/mol. The molecule has 5 heteroatoms. The maximum Gasteiger partial charge on any atom is 0.250 e. The molecule has 3 aromatic rings. The predicted molar refractivity (Wildman–Crippen MR) is 120 cm³/mol. The van der Waals surface area contributed by atoms with Gasteiger partial charge in [-0.3, -0.25) is 9.36 Å². The van der Waals surface area contributed by atoms with Crippen LogP contribution in [0.5, 0.6) is 0 Å². The molecule has 0 N–H and O–H groups in total.